The first-order valence-corrected chi connectivity index (χ1v) is 5.80. The fraction of sp³-hybridized carbons (Fsp3) is 0.462. The van der Waals surface area contributed by atoms with E-state index in [9.17, 15) is 15.0 Å². The molecule has 0 atom stereocenters. The number of phenols is 1. The maximum atomic E-state index is 12.1. The summed E-state index contributed by atoms with van der Waals surface area (Å²) in [6, 6.07) is 4.87. The predicted octanol–water partition coefficient (Wildman–Crippen LogP) is 1.35. The smallest absolute Gasteiger partial charge is 0.252 e. The van der Waals surface area contributed by atoms with Gasteiger partial charge in [0.25, 0.3) is 5.91 Å². The van der Waals surface area contributed by atoms with Crippen LogP contribution in [-0.4, -0.2) is 28.3 Å². The number of nitrogens with one attached hydrogen (secondary N) is 1. The third-order valence-corrected chi connectivity index (χ3v) is 3.54. The van der Waals surface area contributed by atoms with E-state index in [1.165, 1.54) is 0 Å². The van der Waals surface area contributed by atoms with Crippen LogP contribution in [0.3, 0.4) is 0 Å². The van der Waals surface area contributed by atoms with Gasteiger partial charge in [-0.2, -0.15) is 0 Å². The van der Waals surface area contributed by atoms with Gasteiger partial charge in [-0.3, -0.25) is 4.79 Å². The minimum Gasteiger partial charge on any atom is -0.508 e. The number of aromatic hydroxyl groups is 1. The van der Waals surface area contributed by atoms with Crippen LogP contribution in [0.1, 0.15) is 35.2 Å². The van der Waals surface area contributed by atoms with Crippen LogP contribution in [0.15, 0.2) is 18.2 Å². The topological polar surface area (TPSA) is 69.6 Å². The van der Waals surface area contributed by atoms with Crippen molar-refractivity contribution < 1.29 is 15.0 Å². The minimum atomic E-state index is -0.449. The van der Waals surface area contributed by atoms with Crippen LogP contribution in [0.2, 0.25) is 0 Å². The molecule has 4 heteroatoms. The Morgan fingerprint density at radius 2 is 2.18 bits per heavy atom. The molecule has 0 heterocycles. The number of carbonyl (C=O) groups is 1. The summed E-state index contributed by atoms with van der Waals surface area (Å²) < 4.78 is 0. The lowest BCUT2D eigenvalue weighted by Crippen LogP contribution is -2.56. The molecule has 17 heavy (non-hydrogen) atoms. The normalized spacial score (nSPS) is 17.3. The predicted molar refractivity (Wildman–Crippen MR) is 64.0 cm³/mol. The van der Waals surface area contributed by atoms with E-state index in [0.29, 0.717) is 11.1 Å². The number of aliphatic hydroxyl groups excluding tert-OH is 1. The largest absolute Gasteiger partial charge is 0.508 e. The Kier molecular flexibility index (Phi) is 3.07. The van der Waals surface area contributed by atoms with E-state index >= 15 is 0 Å². The van der Waals surface area contributed by atoms with Gasteiger partial charge in [0.15, 0.2) is 0 Å². The second kappa shape index (κ2) is 4.37. The summed E-state index contributed by atoms with van der Waals surface area (Å²) >= 11 is 0. The monoisotopic (exact) mass is 235 g/mol. The lowest BCUT2D eigenvalue weighted by molar-refractivity contribution is 0.0641. The van der Waals surface area contributed by atoms with Gasteiger partial charge in [0, 0.05) is 11.1 Å². The van der Waals surface area contributed by atoms with Gasteiger partial charge in [-0.1, -0.05) is 6.07 Å². The number of carbonyl (C=O) groups excluding carboxylic acids is 1. The quantitative estimate of drug-likeness (QED) is 0.740. The van der Waals surface area contributed by atoms with Gasteiger partial charge in [-0.05, 0) is 38.3 Å². The molecular weight excluding hydrogens is 218 g/mol. The van der Waals surface area contributed by atoms with Crippen molar-refractivity contribution in [3.8, 4) is 5.75 Å². The third kappa shape index (κ3) is 2.13. The van der Waals surface area contributed by atoms with Gasteiger partial charge in [0.2, 0.25) is 0 Å². The molecule has 0 radical (unpaired) electrons. The average Bonchev–Trinajstić information content (AvgIpc) is 2.27. The van der Waals surface area contributed by atoms with E-state index < -0.39 is 5.54 Å². The standard InChI is InChI=1S/C13H17NO3/c1-9-10(4-2-5-11(9)16)12(17)14-13(8-15)6-3-7-13/h2,4-5,15-16H,3,6-8H2,1H3,(H,14,17). The van der Waals surface area contributed by atoms with Crippen LogP contribution in [0.5, 0.6) is 5.75 Å². The molecule has 0 spiro atoms. The Labute approximate surface area is 100 Å². The zero-order valence-corrected chi connectivity index (χ0v) is 9.86. The molecule has 1 saturated carbocycles. The molecule has 0 aromatic heterocycles. The number of amides is 1. The van der Waals surface area contributed by atoms with Gasteiger partial charge in [0.1, 0.15) is 5.75 Å². The molecule has 1 aliphatic rings. The van der Waals surface area contributed by atoms with E-state index in [4.69, 9.17) is 0 Å². The van der Waals surface area contributed by atoms with Crippen LogP contribution in [0.25, 0.3) is 0 Å². The van der Waals surface area contributed by atoms with Crippen molar-refractivity contribution >= 4 is 5.91 Å². The van der Waals surface area contributed by atoms with E-state index in [-0.39, 0.29) is 18.3 Å². The van der Waals surface area contributed by atoms with Gasteiger partial charge in [-0.25, -0.2) is 0 Å². The summed E-state index contributed by atoms with van der Waals surface area (Å²) in [6.07, 6.45) is 2.65. The molecule has 92 valence electrons. The lowest BCUT2D eigenvalue weighted by atomic mass is 9.77. The van der Waals surface area contributed by atoms with Crippen LogP contribution in [0, 0.1) is 6.92 Å². The molecule has 0 unspecified atom stereocenters. The van der Waals surface area contributed by atoms with E-state index in [1.807, 2.05) is 0 Å². The highest BCUT2D eigenvalue weighted by atomic mass is 16.3. The summed E-state index contributed by atoms with van der Waals surface area (Å²) in [5, 5.41) is 21.7. The van der Waals surface area contributed by atoms with Crippen LogP contribution >= 0.6 is 0 Å². The molecule has 1 amide bonds. The maximum Gasteiger partial charge on any atom is 0.252 e. The van der Waals surface area contributed by atoms with Crippen molar-refractivity contribution in [2.75, 3.05) is 6.61 Å². The van der Waals surface area contributed by atoms with E-state index in [2.05, 4.69) is 5.32 Å². The average molecular weight is 235 g/mol. The van der Waals surface area contributed by atoms with Crippen LogP contribution in [0.4, 0.5) is 0 Å². The number of hydrogen-bond donors (Lipinski definition) is 3. The van der Waals surface area contributed by atoms with Crippen molar-refractivity contribution in [2.45, 2.75) is 31.7 Å². The Balaban J connectivity index is 2.17. The Morgan fingerprint density at radius 3 is 2.71 bits per heavy atom. The first-order chi connectivity index (χ1) is 8.08. The zero-order chi connectivity index (χ0) is 12.5. The number of rotatable bonds is 3. The molecular formula is C13H17NO3. The van der Waals surface area contributed by atoms with Crippen LogP contribution < -0.4 is 5.32 Å². The summed E-state index contributed by atoms with van der Waals surface area (Å²) in [7, 11) is 0. The summed E-state index contributed by atoms with van der Waals surface area (Å²) in [4.78, 5) is 12.1. The Bertz CT molecular complexity index is 433. The molecule has 3 N–H and O–H groups in total. The molecule has 0 aliphatic heterocycles. The SMILES string of the molecule is Cc1c(O)cccc1C(=O)NC1(CO)CCC1. The molecule has 1 fully saturated rings. The van der Waals surface area contributed by atoms with Gasteiger partial charge in [-0.15, -0.1) is 0 Å². The van der Waals surface area contributed by atoms with E-state index in [0.717, 1.165) is 19.3 Å². The first kappa shape index (κ1) is 11.9. The van der Waals surface area contributed by atoms with Crippen LogP contribution in [-0.2, 0) is 0 Å². The van der Waals surface area contributed by atoms with Crippen molar-refractivity contribution in [1.82, 2.24) is 5.32 Å². The summed E-state index contributed by atoms with van der Waals surface area (Å²) in [6.45, 7) is 1.67. The fourth-order valence-corrected chi connectivity index (χ4v) is 2.10. The minimum absolute atomic E-state index is 0.0311. The molecule has 1 aliphatic carbocycles. The van der Waals surface area contributed by atoms with E-state index in [1.54, 1.807) is 25.1 Å². The Morgan fingerprint density at radius 1 is 1.47 bits per heavy atom. The summed E-state index contributed by atoms with van der Waals surface area (Å²) in [5.74, 6) is -0.114. The molecule has 1 aromatic rings. The van der Waals surface area contributed by atoms with Crippen molar-refractivity contribution in [3.05, 3.63) is 29.3 Å². The van der Waals surface area contributed by atoms with Crippen molar-refractivity contribution in [1.29, 1.82) is 0 Å². The second-order valence-electron chi connectivity index (χ2n) is 4.70. The number of phenolic OH excluding ortho intramolecular Hbond substituents is 1. The second-order valence-corrected chi connectivity index (χ2v) is 4.70. The molecule has 0 bridgehead atoms. The van der Waals surface area contributed by atoms with Gasteiger partial charge in [0.05, 0.1) is 12.1 Å². The first-order valence-electron chi connectivity index (χ1n) is 5.80. The van der Waals surface area contributed by atoms with Gasteiger partial charge < -0.3 is 15.5 Å². The molecule has 2 rings (SSSR count). The number of hydrogen-bond acceptors (Lipinski definition) is 3. The Hall–Kier alpha value is -1.55. The summed E-state index contributed by atoms with van der Waals surface area (Å²) in [5.41, 5.74) is 0.580. The maximum absolute atomic E-state index is 12.1. The highest BCUT2D eigenvalue weighted by Gasteiger charge is 2.38. The van der Waals surface area contributed by atoms with Gasteiger partial charge >= 0.3 is 0 Å². The number of aliphatic hydroxyl groups is 1. The molecule has 1 aromatic carbocycles. The zero-order valence-electron chi connectivity index (χ0n) is 9.86. The molecule has 4 nitrogen and oxygen atoms in total. The van der Waals surface area contributed by atoms with Crippen molar-refractivity contribution in [2.24, 2.45) is 0 Å². The molecule has 0 saturated heterocycles. The number of benzene rings is 1. The lowest BCUT2D eigenvalue weighted by Gasteiger charge is -2.41. The fourth-order valence-electron chi connectivity index (χ4n) is 2.10. The highest BCUT2D eigenvalue weighted by molar-refractivity contribution is 5.96. The van der Waals surface area contributed by atoms with Crippen molar-refractivity contribution in [3.63, 3.8) is 0 Å². The third-order valence-electron chi connectivity index (χ3n) is 3.54. The highest BCUT2D eigenvalue weighted by Crippen LogP contribution is 2.32.